The Labute approximate surface area is 181 Å². The van der Waals surface area contributed by atoms with Crippen LogP contribution in [0.15, 0.2) is 42.6 Å². The van der Waals surface area contributed by atoms with Crippen molar-refractivity contribution in [3.8, 4) is 0 Å². The van der Waals surface area contributed by atoms with Crippen LogP contribution in [0.3, 0.4) is 0 Å². The number of carbonyl (C=O) groups is 1. The van der Waals surface area contributed by atoms with Crippen LogP contribution in [0.2, 0.25) is 10.0 Å². The van der Waals surface area contributed by atoms with Gasteiger partial charge in [0.1, 0.15) is 17.7 Å². The first kappa shape index (κ1) is 21.9. The van der Waals surface area contributed by atoms with E-state index in [0.29, 0.717) is 33.8 Å². The smallest absolute Gasteiger partial charge is 0.410 e. The first-order valence-electron chi connectivity index (χ1n) is 9.68. The number of ether oxygens (including phenoxy) is 1. The van der Waals surface area contributed by atoms with Crippen molar-refractivity contribution in [2.75, 3.05) is 6.54 Å². The molecule has 3 rings (SSSR count). The number of halogens is 2. The van der Waals surface area contributed by atoms with Gasteiger partial charge in [0.05, 0.1) is 10.7 Å². The topological polar surface area (TPSA) is 62.7 Å². The van der Waals surface area contributed by atoms with Crippen molar-refractivity contribution in [3.05, 3.63) is 63.9 Å². The van der Waals surface area contributed by atoms with E-state index in [9.17, 15) is 9.90 Å². The van der Waals surface area contributed by atoms with Crippen molar-refractivity contribution >= 4 is 29.3 Å². The van der Waals surface area contributed by atoms with E-state index in [-0.39, 0.29) is 0 Å². The Balaban J connectivity index is 2.02. The third-order valence-electron chi connectivity index (χ3n) is 4.66. The Morgan fingerprint density at radius 1 is 1.24 bits per heavy atom. The molecule has 0 bridgehead atoms. The molecule has 5 nitrogen and oxygen atoms in total. The van der Waals surface area contributed by atoms with Crippen LogP contribution in [0.5, 0.6) is 0 Å². The van der Waals surface area contributed by atoms with Gasteiger partial charge in [0.15, 0.2) is 0 Å². The quantitative estimate of drug-likeness (QED) is 0.620. The Bertz CT molecular complexity index is 848. The minimum absolute atomic E-state index is 0.392. The highest BCUT2D eigenvalue weighted by Gasteiger charge is 2.39. The highest BCUT2D eigenvalue weighted by molar-refractivity contribution is 6.30. The first-order valence-corrected chi connectivity index (χ1v) is 10.4. The zero-order valence-electron chi connectivity index (χ0n) is 16.8. The maximum Gasteiger partial charge on any atom is 0.410 e. The molecule has 0 saturated heterocycles. The number of aliphatic hydroxyl groups excluding tert-OH is 1. The molecule has 1 aliphatic rings. The van der Waals surface area contributed by atoms with Gasteiger partial charge < -0.3 is 9.84 Å². The summed E-state index contributed by atoms with van der Waals surface area (Å²) in [6.07, 6.45) is 2.10. The van der Waals surface area contributed by atoms with Gasteiger partial charge >= 0.3 is 6.09 Å². The molecule has 29 heavy (non-hydrogen) atoms. The number of nitrogens with zero attached hydrogens (tertiary/aromatic N) is 2. The summed E-state index contributed by atoms with van der Waals surface area (Å²) in [5.74, 6) is 0.392. The number of amides is 1. The summed E-state index contributed by atoms with van der Waals surface area (Å²) in [4.78, 5) is 19.1. The average molecular weight is 437 g/mol. The van der Waals surface area contributed by atoms with Crippen LogP contribution >= 0.6 is 23.2 Å². The predicted octanol–water partition coefficient (Wildman–Crippen LogP) is 5.81. The zero-order chi connectivity index (χ0) is 21.2. The van der Waals surface area contributed by atoms with E-state index < -0.39 is 23.8 Å². The van der Waals surface area contributed by atoms with Crippen LogP contribution in [-0.4, -0.2) is 33.2 Å². The molecule has 0 spiro atoms. The van der Waals surface area contributed by atoms with Crippen LogP contribution < -0.4 is 0 Å². The fourth-order valence-corrected chi connectivity index (χ4v) is 3.44. The van der Waals surface area contributed by atoms with E-state index in [0.717, 1.165) is 12.8 Å². The zero-order valence-corrected chi connectivity index (χ0v) is 18.3. The van der Waals surface area contributed by atoms with E-state index in [4.69, 9.17) is 27.9 Å². The van der Waals surface area contributed by atoms with Gasteiger partial charge in [-0.25, -0.2) is 4.79 Å². The summed E-state index contributed by atoms with van der Waals surface area (Å²) in [5, 5.41) is 12.3. The molecule has 2 atom stereocenters. The number of aromatic nitrogens is 1. The van der Waals surface area contributed by atoms with Gasteiger partial charge in [-0.15, -0.1) is 0 Å². The molecule has 1 aliphatic carbocycles. The van der Waals surface area contributed by atoms with E-state index in [1.165, 1.54) is 6.20 Å². The lowest BCUT2D eigenvalue weighted by Crippen LogP contribution is -2.42. The van der Waals surface area contributed by atoms with Crippen LogP contribution in [0.1, 0.15) is 57.0 Å². The van der Waals surface area contributed by atoms with Crippen LogP contribution in [0, 0.1) is 5.92 Å². The lowest BCUT2D eigenvalue weighted by molar-refractivity contribution is -0.00976. The van der Waals surface area contributed by atoms with Crippen molar-refractivity contribution in [3.63, 3.8) is 0 Å². The minimum atomic E-state index is -1.03. The molecule has 1 aromatic heterocycles. The van der Waals surface area contributed by atoms with E-state index in [1.807, 2.05) is 20.8 Å². The Kier molecular flexibility index (Phi) is 6.72. The second-order valence-electron chi connectivity index (χ2n) is 8.42. The van der Waals surface area contributed by atoms with Crippen LogP contribution in [-0.2, 0) is 4.74 Å². The molecule has 7 heteroatoms. The van der Waals surface area contributed by atoms with Crippen molar-refractivity contribution in [2.45, 2.75) is 51.4 Å². The Hall–Kier alpha value is -1.82. The maximum atomic E-state index is 13.1. The standard InChI is InChI=1S/C22H26Cl2N2O3/c1-22(2,3)29-21(28)26(13-14-7-8-14)19(18-10-9-17(24)12-25-18)20(27)15-5-4-6-16(23)11-15/h4-6,9-12,14,19-20,27H,7-8,13H2,1-3H3. The maximum absolute atomic E-state index is 13.1. The molecule has 0 aliphatic heterocycles. The van der Waals surface area contributed by atoms with Crippen molar-refractivity contribution < 1.29 is 14.6 Å². The number of hydrogen-bond donors (Lipinski definition) is 1. The van der Waals surface area contributed by atoms with Gasteiger partial charge in [0.2, 0.25) is 0 Å². The number of carbonyl (C=O) groups excluding carboxylic acids is 1. The lowest BCUT2D eigenvalue weighted by Gasteiger charge is -2.36. The molecule has 1 fully saturated rings. The Morgan fingerprint density at radius 3 is 2.52 bits per heavy atom. The van der Waals surface area contributed by atoms with Gasteiger partial charge in [-0.2, -0.15) is 0 Å². The predicted molar refractivity (Wildman–Crippen MR) is 114 cm³/mol. The largest absolute Gasteiger partial charge is 0.444 e. The summed E-state index contributed by atoms with van der Waals surface area (Å²) < 4.78 is 5.66. The molecule has 1 aromatic carbocycles. The molecule has 1 amide bonds. The number of hydrogen-bond acceptors (Lipinski definition) is 4. The van der Waals surface area contributed by atoms with Crippen LogP contribution in [0.4, 0.5) is 4.79 Å². The molecule has 2 aromatic rings. The summed E-state index contributed by atoms with van der Waals surface area (Å²) in [6.45, 7) is 5.96. The second kappa shape index (κ2) is 8.90. The average Bonchev–Trinajstić information content (AvgIpc) is 3.45. The number of benzene rings is 1. The van der Waals surface area contributed by atoms with Gasteiger partial charge in [0, 0.05) is 17.8 Å². The Morgan fingerprint density at radius 2 is 1.97 bits per heavy atom. The minimum Gasteiger partial charge on any atom is -0.444 e. The number of aliphatic hydroxyl groups is 1. The second-order valence-corrected chi connectivity index (χ2v) is 9.29. The highest BCUT2D eigenvalue weighted by atomic mass is 35.5. The van der Waals surface area contributed by atoms with Crippen molar-refractivity contribution in [1.82, 2.24) is 9.88 Å². The van der Waals surface area contributed by atoms with E-state index >= 15 is 0 Å². The van der Waals surface area contributed by atoms with Gasteiger partial charge in [-0.05, 0) is 69.4 Å². The van der Waals surface area contributed by atoms with Gasteiger partial charge in [0.25, 0.3) is 0 Å². The molecule has 1 saturated carbocycles. The monoisotopic (exact) mass is 436 g/mol. The normalized spacial score (nSPS) is 16.2. The molecule has 156 valence electrons. The summed E-state index contributed by atoms with van der Waals surface area (Å²) >= 11 is 12.1. The fraction of sp³-hybridized carbons (Fsp3) is 0.455. The van der Waals surface area contributed by atoms with E-state index in [2.05, 4.69) is 4.98 Å². The van der Waals surface area contributed by atoms with Gasteiger partial charge in [-0.3, -0.25) is 9.88 Å². The number of rotatable bonds is 6. The summed E-state index contributed by atoms with van der Waals surface area (Å²) in [5.41, 5.74) is 0.481. The summed E-state index contributed by atoms with van der Waals surface area (Å²) in [7, 11) is 0. The molecule has 2 unspecified atom stereocenters. The van der Waals surface area contributed by atoms with Crippen molar-refractivity contribution in [2.24, 2.45) is 5.92 Å². The molecule has 1 N–H and O–H groups in total. The van der Waals surface area contributed by atoms with E-state index in [1.54, 1.807) is 41.3 Å². The molecular weight excluding hydrogens is 411 g/mol. The molecule has 1 heterocycles. The lowest BCUT2D eigenvalue weighted by atomic mass is 9.97. The molecule has 0 radical (unpaired) electrons. The summed E-state index contributed by atoms with van der Waals surface area (Å²) in [6, 6.07) is 9.68. The van der Waals surface area contributed by atoms with Gasteiger partial charge in [-0.1, -0.05) is 35.3 Å². The SMILES string of the molecule is CC(C)(C)OC(=O)N(CC1CC1)C(c1ccc(Cl)cn1)C(O)c1cccc(Cl)c1. The van der Waals surface area contributed by atoms with Crippen molar-refractivity contribution in [1.29, 1.82) is 0 Å². The highest BCUT2D eigenvalue weighted by Crippen LogP contribution is 2.39. The number of pyridine rings is 1. The molecular formula is C22H26Cl2N2O3. The third-order valence-corrected chi connectivity index (χ3v) is 5.12. The fourth-order valence-electron chi connectivity index (χ4n) is 3.13. The first-order chi connectivity index (χ1) is 13.6. The third kappa shape index (κ3) is 6.08. The van der Waals surface area contributed by atoms with Crippen LogP contribution in [0.25, 0.3) is 0 Å².